The standard InChI is InChI=1S/C30H34N4O4S/c1-4-38-29(36)24(34-26-25(39-19(2)3)27(35)30(26)11-15-37-16-12-30)17-20-5-7-22(8-6-20)33-28-23-18-31-13-9-21(23)10-14-32-28/h5-10,13-14,18-19,24,34H,4,11-12,15-17H2,1-3H3,(H,32,33)/t24-/m0/s1. The second-order valence-corrected chi connectivity index (χ2v) is 11.7. The molecule has 9 heteroatoms. The molecule has 0 radical (unpaired) electrons. The highest BCUT2D eigenvalue weighted by Gasteiger charge is 2.55. The Labute approximate surface area is 233 Å². The van der Waals surface area contributed by atoms with Crippen molar-refractivity contribution in [3.05, 3.63) is 71.2 Å². The lowest BCUT2D eigenvalue weighted by Crippen LogP contribution is -2.55. The van der Waals surface area contributed by atoms with Crippen LogP contribution >= 0.6 is 11.8 Å². The number of benzene rings is 1. The number of nitrogens with zero attached hydrogens (tertiary/aromatic N) is 2. The summed E-state index contributed by atoms with van der Waals surface area (Å²) in [4.78, 5) is 35.8. The third kappa shape index (κ3) is 5.65. The molecule has 1 spiro atoms. The molecule has 0 amide bonds. The quantitative estimate of drug-likeness (QED) is 0.333. The lowest BCUT2D eigenvalue weighted by molar-refractivity contribution is -0.146. The largest absolute Gasteiger partial charge is 0.464 e. The molecule has 8 nitrogen and oxygen atoms in total. The Kier molecular flexibility index (Phi) is 8.18. The minimum absolute atomic E-state index is 0.169. The molecule has 204 valence electrons. The van der Waals surface area contributed by atoms with Crippen LogP contribution in [0.2, 0.25) is 0 Å². The zero-order valence-corrected chi connectivity index (χ0v) is 23.3. The minimum atomic E-state index is -0.611. The van der Waals surface area contributed by atoms with Crippen LogP contribution in [0.5, 0.6) is 0 Å². The van der Waals surface area contributed by atoms with Crippen LogP contribution < -0.4 is 10.6 Å². The zero-order chi connectivity index (χ0) is 27.4. The van der Waals surface area contributed by atoms with Gasteiger partial charge in [0.05, 0.1) is 16.9 Å². The lowest BCUT2D eigenvalue weighted by atomic mass is 9.65. The van der Waals surface area contributed by atoms with Gasteiger partial charge < -0.3 is 20.1 Å². The van der Waals surface area contributed by atoms with E-state index in [2.05, 4.69) is 34.4 Å². The van der Waals surface area contributed by atoms with Crippen molar-refractivity contribution in [1.82, 2.24) is 15.3 Å². The van der Waals surface area contributed by atoms with Crippen LogP contribution in [0.1, 0.15) is 39.2 Å². The molecule has 2 aromatic heterocycles. The van der Waals surface area contributed by atoms with Gasteiger partial charge in [-0.3, -0.25) is 9.78 Å². The molecule has 3 heterocycles. The van der Waals surface area contributed by atoms with Crippen molar-refractivity contribution in [2.24, 2.45) is 5.41 Å². The molecule has 1 atom stereocenters. The van der Waals surface area contributed by atoms with Crippen molar-refractivity contribution in [3.8, 4) is 0 Å². The highest BCUT2D eigenvalue weighted by molar-refractivity contribution is 8.04. The van der Waals surface area contributed by atoms with E-state index >= 15 is 0 Å². The molecule has 1 aromatic carbocycles. The fraction of sp³-hybridized carbons (Fsp3) is 0.400. The van der Waals surface area contributed by atoms with Crippen molar-refractivity contribution in [2.75, 3.05) is 25.1 Å². The predicted molar refractivity (Wildman–Crippen MR) is 154 cm³/mol. The average Bonchev–Trinajstić information content (AvgIpc) is 2.95. The number of allylic oxidation sites excluding steroid dienone is 2. The molecule has 39 heavy (non-hydrogen) atoms. The first kappa shape index (κ1) is 27.1. The Morgan fingerprint density at radius 2 is 1.87 bits per heavy atom. The Morgan fingerprint density at radius 3 is 2.59 bits per heavy atom. The van der Waals surface area contributed by atoms with Crippen LogP contribution in [0.15, 0.2) is 65.6 Å². The highest BCUT2D eigenvalue weighted by atomic mass is 32.2. The van der Waals surface area contributed by atoms with Crippen molar-refractivity contribution in [3.63, 3.8) is 0 Å². The maximum atomic E-state index is 13.3. The summed E-state index contributed by atoms with van der Waals surface area (Å²) in [5, 5.41) is 9.11. The zero-order valence-electron chi connectivity index (χ0n) is 22.5. The molecule has 1 fully saturated rings. The molecule has 0 saturated carbocycles. The maximum absolute atomic E-state index is 13.3. The molecule has 5 rings (SSSR count). The van der Waals surface area contributed by atoms with Gasteiger partial charge in [0.2, 0.25) is 0 Å². The van der Waals surface area contributed by atoms with Gasteiger partial charge in [0.15, 0.2) is 5.78 Å². The van der Waals surface area contributed by atoms with Crippen LogP contribution in [0.3, 0.4) is 0 Å². The summed E-state index contributed by atoms with van der Waals surface area (Å²) < 4.78 is 11.0. The monoisotopic (exact) mass is 546 g/mol. The Morgan fingerprint density at radius 1 is 1.13 bits per heavy atom. The number of ketones is 1. The van der Waals surface area contributed by atoms with E-state index in [4.69, 9.17) is 9.47 Å². The summed E-state index contributed by atoms with van der Waals surface area (Å²) >= 11 is 1.56. The molecular weight excluding hydrogens is 512 g/mol. The number of Topliss-reactive ketones (excluding diaryl/α,β-unsaturated/α-hetero) is 1. The van der Waals surface area contributed by atoms with E-state index in [-0.39, 0.29) is 23.6 Å². The molecular formula is C30H34N4O4S. The Balaban J connectivity index is 1.36. The number of anilines is 2. The number of carbonyl (C=O) groups excluding carboxylic acids is 2. The topological polar surface area (TPSA) is 102 Å². The number of hydrogen-bond donors (Lipinski definition) is 2. The molecule has 1 saturated heterocycles. The third-order valence-corrected chi connectivity index (χ3v) is 8.26. The summed E-state index contributed by atoms with van der Waals surface area (Å²) in [7, 11) is 0. The van der Waals surface area contributed by atoms with Crippen LogP contribution in [0.4, 0.5) is 11.5 Å². The Bertz CT molecular complexity index is 1380. The van der Waals surface area contributed by atoms with Crippen molar-refractivity contribution in [2.45, 2.75) is 51.3 Å². The van der Waals surface area contributed by atoms with Crippen molar-refractivity contribution < 1.29 is 19.1 Å². The van der Waals surface area contributed by atoms with E-state index in [0.717, 1.165) is 38.4 Å². The fourth-order valence-corrected chi connectivity index (χ4v) is 6.31. The van der Waals surface area contributed by atoms with E-state index in [1.807, 2.05) is 36.4 Å². The first-order valence-electron chi connectivity index (χ1n) is 13.4. The van der Waals surface area contributed by atoms with Crippen LogP contribution in [-0.2, 0) is 25.5 Å². The second-order valence-electron chi connectivity index (χ2n) is 10.1. The summed E-state index contributed by atoms with van der Waals surface area (Å²) in [5.74, 6) is 0.579. The summed E-state index contributed by atoms with van der Waals surface area (Å²) in [5.41, 5.74) is 2.15. The average molecular weight is 547 g/mol. The molecule has 3 aromatic rings. The molecule has 2 aliphatic rings. The molecule has 0 unspecified atom stereocenters. The summed E-state index contributed by atoms with van der Waals surface area (Å²) in [6.45, 7) is 7.31. The molecule has 1 aliphatic carbocycles. The minimum Gasteiger partial charge on any atom is -0.464 e. The van der Waals surface area contributed by atoms with Crippen molar-refractivity contribution in [1.29, 1.82) is 0 Å². The van der Waals surface area contributed by atoms with Crippen molar-refractivity contribution >= 4 is 45.8 Å². The number of rotatable bonds is 10. The molecule has 1 aliphatic heterocycles. The first-order chi connectivity index (χ1) is 18.9. The van der Waals surface area contributed by atoms with Crippen LogP contribution in [0.25, 0.3) is 10.8 Å². The van der Waals surface area contributed by atoms with Gasteiger partial charge in [0, 0.05) is 60.2 Å². The number of pyridine rings is 2. The number of esters is 1. The number of nitrogens with one attached hydrogen (secondary N) is 2. The van der Waals surface area contributed by atoms with Gasteiger partial charge in [0.1, 0.15) is 11.9 Å². The first-order valence-corrected chi connectivity index (χ1v) is 14.3. The smallest absolute Gasteiger partial charge is 0.328 e. The van der Waals surface area contributed by atoms with Crippen LogP contribution in [0, 0.1) is 5.41 Å². The number of thioether (sulfide) groups is 1. The summed E-state index contributed by atoms with van der Waals surface area (Å²) in [6.07, 6.45) is 7.02. The number of aromatic nitrogens is 2. The number of hydrogen-bond acceptors (Lipinski definition) is 9. The van der Waals surface area contributed by atoms with E-state index in [1.54, 1.807) is 37.3 Å². The van der Waals surface area contributed by atoms with Gasteiger partial charge in [0.25, 0.3) is 0 Å². The number of fused-ring (bicyclic) bond motifs is 1. The van der Waals surface area contributed by atoms with Crippen LogP contribution in [-0.4, -0.2) is 52.8 Å². The van der Waals surface area contributed by atoms with E-state index < -0.39 is 11.5 Å². The van der Waals surface area contributed by atoms with Gasteiger partial charge in [-0.1, -0.05) is 26.0 Å². The molecule has 0 bridgehead atoms. The van der Waals surface area contributed by atoms with E-state index in [1.165, 1.54) is 0 Å². The number of carbonyl (C=O) groups is 2. The lowest BCUT2D eigenvalue weighted by Gasteiger charge is -2.47. The van der Waals surface area contributed by atoms with Gasteiger partial charge in [-0.2, -0.15) is 0 Å². The second kappa shape index (κ2) is 11.8. The predicted octanol–water partition coefficient (Wildman–Crippen LogP) is 5.17. The van der Waals surface area contributed by atoms with Gasteiger partial charge >= 0.3 is 5.97 Å². The van der Waals surface area contributed by atoms with Gasteiger partial charge in [-0.05, 0) is 55.0 Å². The van der Waals surface area contributed by atoms with E-state index in [0.29, 0.717) is 32.5 Å². The SMILES string of the molecule is CCOC(=O)[C@H](Cc1ccc(Nc2nccc3ccncc23)cc1)NC1=C(SC(C)C)C(=O)C12CCOCC2. The van der Waals surface area contributed by atoms with E-state index in [9.17, 15) is 9.59 Å². The highest BCUT2D eigenvalue weighted by Crippen LogP contribution is 2.53. The molecule has 2 N–H and O–H groups in total. The van der Waals surface area contributed by atoms with Gasteiger partial charge in [-0.15, -0.1) is 11.8 Å². The number of ether oxygens (including phenoxy) is 2. The maximum Gasteiger partial charge on any atom is 0.328 e. The van der Waals surface area contributed by atoms with Gasteiger partial charge in [-0.25, -0.2) is 9.78 Å². The third-order valence-electron chi connectivity index (χ3n) is 7.16. The Hall–Kier alpha value is -3.43. The fourth-order valence-electron chi connectivity index (χ4n) is 5.16. The summed E-state index contributed by atoms with van der Waals surface area (Å²) in [6, 6.07) is 11.2. The normalized spacial score (nSPS) is 17.3.